The highest BCUT2D eigenvalue weighted by Crippen LogP contribution is 2.42. The quantitative estimate of drug-likeness (QED) is 0.148. The number of carbonyl (C=O) groups is 1. The van der Waals surface area contributed by atoms with Gasteiger partial charge in [0.15, 0.2) is 6.79 Å². The summed E-state index contributed by atoms with van der Waals surface area (Å²) in [5.74, 6) is -0.109. The topological polar surface area (TPSA) is 35.5 Å². The predicted octanol–water partition coefficient (Wildman–Crippen LogP) is 6.82. The van der Waals surface area contributed by atoms with Gasteiger partial charge in [-0.2, -0.15) is 0 Å². The predicted molar refractivity (Wildman–Crippen MR) is 106 cm³/mol. The molecule has 0 atom stereocenters. The van der Waals surface area contributed by atoms with Crippen LogP contribution in [0, 0.1) is 0 Å². The van der Waals surface area contributed by atoms with Crippen molar-refractivity contribution in [1.82, 2.24) is 0 Å². The first-order valence-electron chi connectivity index (χ1n) is 10.1. The lowest BCUT2D eigenvalue weighted by Crippen LogP contribution is -2.48. The third-order valence-corrected chi connectivity index (χ3v) is 11.3. The zero-order chi connectivity index (χ0) is 18.6. The van der Waals surface area contributed by atoms with Gasteiger partial charge in [-0.3, -0.25) is 4.79 Å². The highest BCUT2D eigenvalue weighted by molar-refractivity contribution is 6.77. The van der Waals surface area contributed by atoms with Crippen molar-refractivity contribution >= 4 is 14.3 Å². The molecule has 4 heteroatoms. The molecule has 144 valence electrons. The minimum atomic E-state index is -1.93. The van der Waals surface area contributed by atoms with E-state index in [1.54, 1.807) is 0 Å². The van der Waals surface area contributed by atoms with E-state index in [1.165, 1.54) is 32.1 Å². The van der Waals surface area contributed by atoms with Crippen molar-refractivity contribution in [3.05, 3.63) is 0 Å². The first-order valence-corrected chi connectivity index (χ1v) is 12.2. The number of hydrogen-bond donors (Lipinski definition) is 0. The van der Waals surface area contributed by atoms with Crippen LogP contribution in [0.1, 0.15) is 99.8 Å². The van der Waals surface area contributed by atoms with E-state index >= 15 is 0 Å². The molecule has 24 heavy (non-hydrogen) atoms. The molecular weight excluding hydrogens is 316 g/mol. The van der Waals surface area contributed by atoms with Gasteiger partial charge in [-0.15, -0.1) is 0 Å². The van der Waals surface area contributed by atoms with Crippen LogP contribution >= 0.6 is 0 Å². The van der Waals surface area contributed by atoms with Crippen LogP contribution in [0.2, 0.25) is 16.6 Å². The van der Waals surface area contributed by atoms with Gasteiger partial charge in [-0.1, -0.05) is 87.0 Å². The fourth-order valence-electron chi connectivity index (χ4n) is 4.00. The molecule has 0 heterocycles. The van der Waals surface area contributed by atoms with E-state index in [0.29, 0.717) is 23.0 Å². The van der Waals surface area contributed by atoms with Crippen molar-refractivity contribution in [3.63, 3.8) is 0 Å². The van der Waals surface area contributed by atoms with Gasteiger partial charge in [0, 0.05) is 6.42 Å². The fraction of sp³-hybridized carbons (Fsp3) is 0.950. The van der Waals surface area contributed by atoms with Crippen LogP contribution in [0.4, 0.5) is 0 Å². The normalized spacial score (nSPS) is 12.4. The van der Waals surface area contributed by atoms with Crippen LogP contribution in [-0.4, -0.2) is 21.1 Å². The average Bonchev–Trinajstić information content (AvgIpc) is 2.49. The minimum Gasteiger partial charge on any atom is -0.439 e. The zero-order valence-corrected chi connectivity index (χ0v) is 18.3. The van der Waals surface area contributed by atoms with E-state index in [1.807, 2.05) is 0 Å². The Morgan fingerprint density at radius 2 is 1.25 bits per heavy atom. The molecule has 0 aromatic rings. The Balaban J connectivity index is 4.04. The van der Waals surface area contributed by atoms with Gasteiger partial charge in [0.2, 0.25) is 8.32 Å². The lowest BCUT2D eigenvalue weighted by atomic mass is 10.1. The molecule has 3 nitrogen and oxygen atoms in total. The number of esters is 1. The summed E-state index contributed by atoms with van der Waals surface area (Å²) in [5, 5.41) is 0. The van der Waals surface area contributed by atoms with E-state index in [0.717, 1.165) is 12.8 Å². The average molecular weight is 359 g/mol. The van der Waals surface area contributed by atoms with Gasteiger partial charge in [0.05, 0.1) is 0 Å². The molecular formula is C20H42O3Si. The van der Waals surface area contributed by atoms with Crippen LogP contribution in [0.3, 0.4) is 0 Å². The summed E-state index contributed by atoms with van der Waals surface area (Å²) >= 11 is 0. The van der Waals surface area contributed by atoms with Gasteiger partial charge in [0.1, 0.15) is 0 Å². The molecule has 0 spiro atoms. The molecule has 0 unspecified atom stereocenters. The van der Waals surface area contributed by atoms with Gasteiger partial charge < -0.3 is 9.16 Å². The summed E-state index contributed by atoms with van der Waals surface area (Å²) in [6, 6.07) is 0. The molecule has 0 amide bonds. The third-order valence-electron chi connectivity index (χ3n) is 5.22. The zero-order valence-electron chi connectivity index (χ0n) is 17.3. The van der Waals surface area contributed by atoms with Crippen molar-refractivity contribution in [2.75, 3.05) is 6.79 Å². The fourth-order valence-corrected chi connectivity index (χ4v) is 9.26. The largest absolute Gasteiger partial charge is 0.439 e. The van der Waals surface area contributed by atoms with Crippen molar-refractivity contribution in [3.8, 4) is 0 Å². The molecule has 0 bridgehead atoms. The van der Waals surface area contributed by atoms with E-state index in [4.69, 9.17) is 9.16 Å². The molecule has 0 aliphatic rings. The van der Waals surface area contributed by atoms with Crippen LogP contribution in [0.5, 0.6) is 0 Å². The van der Waals surface area contributed by atoms with Crippen molar-refractivity contribution in [2.45, 2.75) is 116 Å². The molecule has 0 aromatic heterocycles. The van der Waals surface area contributed by atoms with Crippen LogP contribution in [0.25, 0.3) is 0 Å². The Kier molecular flexibility index (Phi) is 12.7. The summed E-state index contributed by atoms with van der Waals surface area (Å²) in [6.45, 7) is 15.8. The molecule has 0 aromatic carbocycles. The maximum Gasteiger partial charge on any atom is 0.307 e. The SMILES string of the molecule is CCCCCCCCCC(=O)OCO[Si](C(C)C)(C(C)C)C(C)C. The molecule has 0 saturated heterocycles. The molecule has 0 saturated carbocycles. The number of unbranched alkanes of at least 4 members (excludes halogenated alkanes) is 6. The van der Waals surface area contributed by atoms with E-state index in [-0.39, 0.29) is 12.8 Å². The second-order valence-corrected chi connectivity index (χ2v) is 13.4. The standard InChI is InChI=1S/C20H42O3Si/c1-8-9-10-11-12-13-14-15-20(21)22-16-23-24(17(2)3,18(4)5)19(6)7/h17-19H,8-16H2,1-7H3. The number of rotatable bonds is 14. The van der Waals surface area contributed by atoms with Crippen molar-refractivity contribution in [2.24, 2.45) is 0 Å². The van der Waals surface area contributed by atoms with Crippen molar-refractivity contribution in [1.29, 1.82) is 0 Å². The third kappa shape index (κ3) is 8.15. The first kappa shape index (κ1) is 23.6. The Labute approximate surface area is 152 Å². The number of ether oxygens (including phenoxy) is 1. The Bertz CT molecular complexity index is 305. The summed E-state index contributed by atoms with van der Waals surface area (Å²) < 4.78 is 11.6. The second-order valence-electron chi connectivity index (χ2n) is 7.97. The summed E-state index contributed by atoms with van der Waals surface area (Å²) in [4.78, 5) is 11.9. The second kappa shape index (κ2) is 12.9. The molecule has 0 N–H and O–H groups in total. The number of carbonyl (C=O) groups excluding carboxylic acids is 1. The Morgan fingerprint density at radius 3 is 1.71 bits per heavy atom. The summed E-state index contributed by atoms with van der Waals surface area (Å²) in [5.41, 5.74) is 1.54. The maximum absolute atomic E-state index is 11.9. The van der Waals surface area contributed by atoms with Crippen LogP contribution in [0.15, 0.2) is 0 Å². The Hall–Kier alpha value is -0.353. The molecule has 0 rings (SSSR count). The van der Waals surface area contributed by atoms with Gasteiger partial charge in [-0.25, -0.2) is 0 Å². The van der Waals surface area contributed by atoms with E-state index in [2.05, 4.69) is 48.5 Å². The first-order chi connectivity index (χ1) is 11.3. The minimum absolute atomic E-state index is 0.109. The highest BCUT2D eigenvalue weighted by atomic mass is 28.4. The Morgan fingerprint density at radius 1 is 0.792 bits per heavy atom. The lowest BCUT2D eigenvalue weighted by Gasteiger charge is -2.41. The van der Waals surface area contributed by atoms with E-state index < -0.39 is 8.32 Å². The van der Waals surface area contributed by atoms with Gasteiger partial charge in [0.25, 0.3) is 0 Å². The highest BCUT2D eigenvalue weighted by Gasteiger charge is 2.45. The van der Waals surface area contributed by atoms with Crippen molar-refractivity contribution < 1.29 is 14.0 Å². The molecule has 0 fully saturated rings. The summed E-state index contributed by atoms with van der Waals surface area (Å²) in [7, 11) is -1.93. The molecule has 0 radical (unpaired) electrons. The maximum atomic E-state index is 11.9. The van der Waals surface area contributed by atoms with Crippen LogP contribution in [-0.2, 0) is 14.0 Å². The monoisotopic (exact) mass is 358 g/mol. The molecule has 0 aliphatic carbocycles. The number of hydrogen-bond acceptors (Lipinski definition) is 3. The molecule has 0 aliphatic heterocycles. The van der Waals surface area contributed by atoms with Gasteiger partial charge in [-0.05, 0) is 23.0 Å². The van der Waals surface area contributed by atoms with E-state index in [9.17, 15) is 4.79 Å². The summed E-state index contributed by atoms with van der Waals surface area (Å²) in [6.07, 6.45) is 9.03. The van der Waals surface area contributed by atoms with Crippen LogP contribution < -0.4 is 0 Å². The van der Waals surface area contributed by atoms with Gasteiger partial charge >= 0.3 is 5.97 Å². The lowest BCUT2D eigenvalue weighted by molar-refractivity contribution is -0.151. The smallest absolute Gasteiger partial charge is 0.307 e.